The Balaban J connectivity index is 1.42. The maximum atomic E-state index is 13.5. The van der Waals surface area contributed by atoms with Crippen molar-refractivity contribution in [2.75, 3.05) is 26.2 Å². The minimum absolute atomic E-state index is 0.0716. The Bertz CT molecular complexity index is 998. The molecular formula is C26H36N4O3. The van der Waals surface area contributed by atoms with Gasteiger partial charge in [0.25, 0.3) is 5.91 Å². The van der Waals surface area contributed by atoms with E-state index >= 15 is 0 Å². The molecule has 2 aliphatic heterocycles. The Hall–Kier alpha value is -2.83. The van der Waals surface area contributed by atoms with Crippen LogP contribution >= 0.6 is 0 Å². The molecule has 178 valence electrons. The van der Waals surface area contributed by atoms with Gasteiger partial charge in [0.15, 0.2) is 0 Å². The fourth-order valence-electron chi connectivity index (χ4n) is 4.98. The number of ether oxygens (including phenoxy) is 1. The van der Waals surface area contributed by atoms with Crippen molar-refractivity contribution in [2.24, 2.45) is 7.05 Å². The molecule has 4 rings (SSSR count). The van der Waals surface area contributed by atoms with Gasteiger partial charge in [-0.15, -0.1) is 0 Å². The van der Waals surface area contributed by atoms with Gasteiger partial charge in [0.05, 0.1) is 17.5 Å². The number of benzene rings is 1. The number of hydrogen-bond acceptors (Lipinski definition) is 4. The standard InChI is InChI=1S/C26H36N4O3/c1-18-6-8-19(9-7-18)21-12-15-30(17-21)24(31)22-16-27-28(5)23(22)20-10-13-29(14-11-20)25(32)33-26(2,3)4/h6-9,16,20-21H,10-15,17H2,1-5H3/t21-/m1/s1. The van der Waals surface area contributed by atoms with Gasteiger partial charge in [-0.3, -0.25) is 9.48 Å². The summed E-state index contributed by atoms with van der Waals surface area (Å²) < 4.78 is 7.36. The average molecular weight is 453 g/mol. The van der Waals surface area contributed by atoms with E-state index in [0.717, 1.165) is 38.0 Å². The summed E-state index contributed by atoms with van der Waals surface area (Å²) in [6.07, 6.45) is 4.03. The van der Waals surface area contributed by atoms with E-state index in [0.29, 0.717) is 24.6 Å². The van der Waals surface area contributed by atoms with Crippen molar-refractivity contribution >= 4 is 12.0 Å². The number of piperidine rings is 1. The fourth-order valence-corrected chi connectivity index (χ4v) is 4.98. The van der Waals surface area contributed by atoms with E-state index in [4.69, 9.17) is 4.74 Å². The van der Waals surface area contributed by atoms with Crippen LogP contribution in [0.5, 0.6) is 0 Å². The number of aryl methyl sites for hydroxylation is 2. The molecule has 0 N–H and O–H groups in total. The average Bonchev–Trinajstić information content (AvgIpc) is 3.40. The van der Waals surface area contributed by atoms with Gasteiger partial charge in [0.2, 0.25) is 0 Å². The molecule has 0 aliphatic carbocycles. The van der Waals surface area contributed by atoms with Crippen LogP contribution in [0.1, 0.15) is 79.0 Å². The van der Waals surface area contributed by atoms with Crippen molar-refractivity contribution < 1.29 is 14.3 Å². The SMILES string of the molecule is Cc1ccc([C@@H]2CCN(C(=O)c3cnn(C)c3C3CCN(C(=O)OC(C)(C)C)CC3)C2)cc1. The lowest BCUT2D eigenvalue weighted by Crippen LogP contribution is -2.41. The Morgan fingerprint density at radius 2 is 1.58 bits per heavy atom. The molecule has 2 fully saturated rings. The van der Waals surface area contributed by atoms with Crippen LogP contribution in [0.2, 0.25) is 0 Å². The lowest BCUT2D eigenvalue weighted by molar-refractivity contribution is 0.0202. The molecule has 33 heavy (non-hydrogen) atoms. The van der Waals surface area contributed by atoms with Gasteiger partial charge in [-0.05, 0) is 52.5 Å². The molecule has 0 bridgehead atoms. The molecule has 0 saturated carbocycles. The van der Waals surface area contributed by atoms with Crippen molar-refractivity contribution in [3.63, 3.8) is 0 Å². The third-order valence-electron chi connectivity index (χ3n) is 6.77. The Morgan fingerprint density at radius 3 is 2.21 bits per heavy atom. The molecule has 2 saturated heterocycles. The summed E-state index contributed by atoms with van der Waals surface area (Å²) in [5.41, 5.74) is 3.75. The van der Waals surface area contributed by atoms with Crippen LogP contribution in [0.15, 0.2) is 30.5 Å². The van der Waals surface area contributed by atoms with Gasteiger partial charge in [-0.1, -0.05) is 29.8 Å². The molecule has 7 heteroatoms. The summed E-state index contributed by atoms with van der Waals surface area (Å²) in [7, 11) is 1.91. The van der Waals surface area contributed by atoms with E-state index in [1.807, 2.05) is 37.4 Å². The van der Waals surface area contributed by atoms with E-state index in [1.165, 1.54) is 11.1 Å². The zero-order valence-electron chi connectivity index (χ0n) is 20.5. The monoisotopic (exact) mass is 452 g/mol. The van der Waals surface area contributed by atoms with E-state index in [-0.39, 0.29) is 17.9 Å². The zero-order valence-corrected chi connectivity index (χ0v) is 20.5. The smallest absolute Gasteiger partial charge is 0.410 e. The van der Waals surface area contributed by atoms with Crippen LogP contribution in [0.25, 0.3) is 0 Å². The highest BCUT2D eigenvalue weighted by atomic mass is 16.6. The zero-order chi connectivity index (χ0) is 23.8. The third kappa shape index (κ3) is 5.23. The van der Waals surface area contributed by atoms with Gasteiger partial charge < -0.3 is 14.5 Å². The van der Waals surface area contributed by atoms with Crippen molar-refractivity contribution in [1.29, 1.82) is 0 Å². The topological polar surface area (TPSA) is 67.7 Å². The summed E-state index contributed by atoms with van der Waals surface area (Å²) in [5.74, 6) is 0.652. The highest BCUT2D eigenvalue weighted by molar-refractivity contribution is 5.95. The first kappa shape index (κ1) is 23.3. The van der Waals surface area contributed by atoms with Crippen molar-refractivity contribution in [3.8, 4) is 0 Å². The molecule has 2 amide bonds. The summed E-state index contributed by atoms with van der Waals surface area (Å²) >= 11 is 0. The molecule has 3 heterocycles. The molecule has 2 aliphatic rings. The van der Waals surface area contributed by atoms with Gasteiger partial charge in [0.1, 0.15) is 5.60 Å². The van der Waals surface area contributed by atoms with Gasteiger partial charge in [0, 0.05) is 45.1 Å². The molecule has 2 aromatic rings. The second kappa shape index (κ2) is 9.20. The Labute approximate surface area is 196 Å². The van der Waals surface area contributed by atoms with E-state index in [9.17, 15) is 9.59 Å². The number of carbonyl (C=O) groups is 2. The largest absolute Gasteiger partial charge is 0.444 e. The van der Waals surface area contributed by atoms with Crippen molar-refractivity contribution in [3.05, 3.63) is 52.8 Å². The number of likely N-dealkylation sites (tertiary alicyclic amines) is 2. The molecule has 0 spiro atoms. The lowest BCUT2D eigenvalue weighted by Gasteiger charge is -2.34. The first-order chi connectivity index (χ1) is 15.6. The van der Waals surface area contributed by atoms with Crippen LogP contribution in [-0.2, 0) is 11.8 Å². The normalized spacial score (nSPS) is 19.7. The number of hydrogen-bond donors (Lipinski definition) is 0. The maximum Gasteiger partial charge on any atom is 0.410 e. The molecule has 0 unspecified atom stereocenters. The summed E-state index contributed by atoms with van der Waals surface area (Å²) in [6, 6.07) is 8.65. The Morgan fingerprint density at radius 1 is 0.970 bits per heavy atom. The minimum Gasteiger partial charge on any atom is -0.444 e. The second-order valence-electron chi connectivity index (χ2n) is 10.5. The molecular weight excluding hydrogens is 416 g/mol. The van der Waals surface area contributed by atoms with Gasteiger partial charge >= 0.3 is 6.09 Å². The van der Waals surface area contributed by atoms with E-state index in [2.05, 4.69) is 36.3 Å². The molecule has 1 atom stereocenters. The van der Waals surface area contributed by atoms with Crippen molar-refractivity contribution in [2.45, 2.75) is 64.4 Å². The van der Waals surface area contributed by atoms with Crippen LogP contribution in [-0.4, -0.2) is 63.4 Å². The predicted octanol–water partition coefficient (Wildman–Crippen LogP) is 4.47. The lowest BCUT2D eigenvalue weighted by atomic mass is 9.91. The van der Waals surface area contributed by atoms with E-state index in [1.54, 1.807) is 11.1 Å². The van der Waals surface area contributed by atoms with Crippen LogP contribution in [0.4, 0.5) is 4.79 Å². The van der Waals surface area contributed by atoms with Crippen LogP contribution in [0.3, 0.4) is 0 Å². The minimum atomic E-state index is -0.498. The van der Waals surface area contributed by atoms with Gasteiger partial charge in [-0.25, -0.2) is 4.79 Å². The number of aromatic nitrogens is 2. The first-order valence-corrected chi connectivity index (χ1v) is 12.0. The van der Waals surface area contributed by atoms with E-state index < -0.39 is 5.60 Å². The molecule has 1 aromatic carbocycles. The summed E-state index contributed by atoms with van der Waals surface area (Å²) in [4.78, 5) is 29.6. The Kier molecular flexibility index (Phi) is 6.50. The van der Waals surface area contributed by atoms with Crippen LogP contribution in [0, 0.1) is 6.92 Å². The number of rotatable bonds is 3. The number of amides is 2. The highest BCUT2D eigenvalue weighted by Crippen LogP contribution is 2.33. The molecule has 0 radical (unpaired) electrons. The fraction of sp³-hybridized carbons (Fsp3) is 0.577. The first-order valence-electron chi connectivity index (χ1n) is 12.0. The maximum absolute atomic E-state index is 13.5. The number of carbonyl (C=O) groups excluding carboxylic acids is 2. The van der Waals surface area contributed by atoms with Gasteiger partial charge in [-0.2, -0.15) is 5.10 Å². The number of nitrogens with zero attached hydrogens (tertiary/aromatic N) is 4. The second-order valence-corrected chi connectivity index (χ2v) is 10.5. The van der Waals surface area contributed by atoms with Crippen LogP contribution < -0.4 is 0 Å². The summed E-state index contributed by atoms with van der Waals surface area (Å²) in [6.45, 7) is 10.5. The predicted molar refractivity (Wildman–Crippen MR) is 127 cm³/mol. The third-order valence-corrected chi connectivity index (χ3v) is 6.77. The molecule has 1 aromatic heterocycles. The summed E-state index contributed by atoms with van der Waals surface area (Å²) in [5, 5.41) is 4.44. The molecule has 7 nitrogen and oxygen atoms in total. The van der Waals surface area contributed by atoms with Crippen molar-refractivity contribution in [1.82, 2.24) is 19.6 Å². The quantitative estimate of drug-likeness (QED) is 0.689. The highest BCUT2D eigenvalue weighted by Gasteiger charge is 2.34.